The molecule has 0 aliphatic heterocycles. The fraction of sp³-hybridized carbons (Fsp3) is 0.533. The molecule has 0 saturated heterocycles. The van der Waals surface area contributed by atoms with Gasteiger partial charge in [0.05, 0.1) is 0 Å². The van der Waals surface area contributed by atoms with Crippen molar-refractivity contribution in [3.8, 4) is 0 Å². The summed E-state index contributed by atoms with van der Waals surface area (Å²) < 4.78 is 0. The Kier molecular flexibility index (Phi) is 3.82. The highest BCUT2D eigenvalue weighted by Crippen LogP contribution is 2.37. The molecule has 0 aromatic heterocycles. The van der Waals surface area contributed by atoms with Crippen LogP contribution in [0.25, 0.3) is 0 Å². The number of rotatable bonds is 5. The van der Waals surface area contributed by atoms with Crippen LogP contribution < -0.4 is 5.32 Å². The quantitative estimate of drug-likeness (QED) is 0.829. The van der Waals surface area contributed by atoms with Crippen molar-refractivity contribution in [2.75, 3.05) is 0 Å². The van der Waals surface area contributed by atoms with Crippen LogP contribution >= 0.6 is 0 Å². The van der Waals surface area contributed by atoms with Crippen LogP contribution in [-0.4, -0.2) is 11.9 Å². The van der Waals surface area contributed by atoms with Gasteiger partial charge in [0.1, 0.15) is 0 Å². The number of benzene rings is 1. The van der Waals surface area contributed by atoms with Crippen molar-refractivity contribution in [2.45, 2.75) is 39.2 Å². The molecule has 92 valence electrons. The predicted octanol–water partition coefficient (Wildman–Crippen LogP) is 2.78. The smallest absolute Gasteiger partial charge is 0.223 e. The van der Waals surface area contributed by atoms with Gasteiger partial charge in [-0.3, -0.25) is 4.79 Å². The standard InChI is InChI=1S/C15H21NO/c1-11-10-14(11)15(17)16-12(2)8-9-13-6-4-3-5-7-13/h3-7,11-12,14H,8-10H2,1-2H3,(H,16,17)/t11-,12+,14+/m1/s1. The molecule has 1 aromatic rings. The summed E-state index contributed by atoms with van der Waals surface area (Å²) in [6, 6.07) is 10.7. The van der Waals surface area contributed by atoms with Crippen molar-refractivity contribution < 1.29 is 4.79 Å². The molecule has 1 amide bonds. The molecule has 1 saturated carbocycles. The van der Waals surface area contributed by atoms with E-state index >= 15 is 0 Å². The Labute approximate surface area is 103 Å². The summed E-state index contributed by atoms with van der Waals surface area (Å²) in [7, 11) is 0. The average molecular weight is 231 g/mol. The normalized spacial score (nSPS) is 24.1. The van der Waals surface area contributed by atoms with E-state index in [2.05, 4.69) is 43.4 Å². The summed E-state index contributed by atoms with van der Waals surface area (Å²) in [4.78, 5) is 11.7. The number of aryl methyl sites for hydroxylation is 1. The Bertz CT molecular complexity index is 374. The van der Waals surface area contributed by atoms with Crippen molar-refractivity contribution in [1.82, 2.24) is 5.32 Å². The van der Waals surface area contributed by atoms with Crippen LogP contribution in [0.2, 0.25) is 0 Å². The van der Waals surface area contributed by atoms with Gasteiger partial charge in [-0.05, 0) is 37.7 Å². The van der Waals surface area contributed by atoms with Gasteiger partial charge in [0, 0.05) is 12.0 Å². The van der Waals surface area contributed by atoms with Gasteiger partial charge in [0.2, 0.25) is 5.91 Å². The maximum atomic E-state index is 11.7. The van der Waals surface area contributed by atoms with Crippen molar-refractivity contribution in [1.29, 1.82) is 0 Å². The summed E-state index contributed by atoms with van der Waals surface area (Å²) in [5.41, 5.74) is 1.34. The Balaban J connectivity index is 1.71. The van der Waals surface area contributed by atoms with Gasteiger partial charge in [-0.1, -0.05) is 37.3 Å². The minimum absolute atomic E-state index is 0.248. The highest BCUT2D eigenvalue weighted by molar-refractivity contribution is 5.81. The van der Waals surface area contributed by atoms with E-state index in [1.54, 1.807) is 0 Å². The van der Waals surface area contributed by atoms with E-state index in [1.165, 1.54) is 5.56 Å². The third kappa shape index (κ3) is 3.58. The Morgan fingerprint density at radius 1 is 1.41 bits per heavy atom. The van der Waals surface area contributed by atoms with E-state index in [0.717, 1.165) is 19.3 Å². The van der Waals surface area contributed by atoms with Gasteiger partial charge in [0.25, 0.3) is 0 Å². The SMILES string of the molecule is C[C@@H]1C[C@@H]1C(=O)N[C@@H](C)CCc1ccccc1. The highest BCUT2D eigenvalue weighted by Gasteiger charge is 2.39. The van der Waals surface area contributed by atoms with E-state index in [0.29, 0.717) is 5.92 Å². The second kappa shape index (κ2) is 5.35. The van der Waals surface area contributed by atoms with Crippen LogP contribution in [0.15, 0.2) is 30.3 Å². The summed E-state index contributed by atoms with van der Waals surface area (Å²) in [6.45, 7) is 4.23. The van der Waals surface area contributed by atoms with Crippen LogP contribution in [0.5, 0.6) is 0 Å². The largest absolute Gasteiger partial charge is 0.353 e. The second-order valence-electron chi connectivity index (χ2n) is 5.25. The lowest BCUT2D eigenvalue weighted by atomic mass is 10.1. The molecule has 17 heavy (non-hydrogen) atoms. The van der Waals surface area contributed by atoms with E-state index in [-0.39, 0.29) is 17.9 Å². The Hall–Kier alpha value is -1.31. The van der Waals surface area contributed by atoms with E-state index < -0.39 is 0 Å². The van der Waals surface area contributed by atoms with Crippen LogP contribution in [0, 0.1) is 11.8 Å². The van der Waals surface area contributed by atoms with Crippen LogP contribution in [-0.2, 0) is 11.2 Å². The molecule has 0 unspecified atom stereocenters. The van der Waals surface area contributed by atoms with E-state index in [9.17, 15) is 4.79 Å². The number of carbonyl (C=O) groups excluding carboxylic acids is 1. The first-order chi connectivity index (χ1) is 8.16. The molecule has 0 spiro atoms. The predicted molar refractivity (Wildman–Crippen MR) is 69.6 cm³/mol. The molecule has 2 heteroatoms. The van der Waals surface area contributed by atoms with Crippen LogP contribution in [0.1, 0.15) is 32.3 Å². The van der Waals surface area contributed by atoms with Crippen molar-refractivity contribution in [3.63, 3.8) is 0 Å². The number of nitrogens with one attached hydrogen (secondary N) is 1. The molecule has 3 atom stereocenters. The first-order valence-corrected chi connectivity index (χ1v) is 6.51. The zero-order valence-electron chi connectivity index (χ0n) is 10.6. The maximum Gasteiger partial charge on any atom is 0.223 e. The minimum Gasteiger partial charge on any atom is -0.353 e. The third-order valence-electron chi connectivity index (χ3n) is 3.54. The van der Waals surface area contributed by atoms with Crippen LogP contribution in [0.4, 0.5) is 0 Å². The first kappa shape index (κ1) is 12.2. The molecular weight excluding hydrogens is 210 g/mol. The lowest BCUT2D eigenvalue weighted by Crippen LogP contribution is -2.34. The molecule has 2 nitrogen and oxygen atoms in total. The molecule has 1 aliphatic rings. The number of hydrogen-bond acceptors (Lipinski definition) is 1. The molecule has 1 fully saturated rings. The molecule has 1 aromatic carbocycles. The highest BCUT2D eigenvalue weighted by atomic mass is 16.2. The van der Waals surface area contributed by atoms with Gasteiger partial charge in [-0.25, -0.2) is 0 Å². The van der Waals surface area contributed by atoms with Crippen LogP contribution in [0.3, 0.4) is 0 Å². The number of carbonyl (C=O) groups is 1. The topological polar surface area (TPSA) is 29.1 Å². The zero-order chi connectivity index (χ0) is 12.3. The zero-order valence-corrected chi connectivity index (χ0v) is 10.6. The van der Waals surface area contributed by atoms with E-state index in [4.69, 9.17) is 0 Å². The summed E-state index contributed by atoms with van der Waals surface area (Å²) in [5, 5.41) is 3.10. The molecule has 0 bridgehead atoms. The van der Waals surface area contributed by atoms with Crippen molar-refractivity contribution in [3.05, 3.63) is 35.9 Å². The number of amides is 1. The minimum atomic E-state index is 0.248. The molecule has 1 aliphatic carbocycles. The third-order valence-corrected chi connectivity index (χ3v) is 3.54. The van der Waals surface area contributed by atoms with Crippen molar-refractivity contribution >= 4 is 5.91 Å². The van der Waals surface area contributed by atoms with Gasteiger partial charge in [0.15, 0.2) is 0 Å². The van der Waals surface area contributed by atoms with Gasteiger partial charge >= 0.3 is 0 Å². The molecule has 0 heterocycles. The lowest BCUT2D eigenvalue weighted by Gasteiger charge is -2.13. The average Bonchev–Trinajstić information content (AvgIpc) is 3.05. The number of hydrogen-bond donors (Lipinski definition) is 1. The summed E-state index contributed by atoms with van der Waals surface area (Å²) in [5.74, 6) is 1.13. The van der Waals surface area contributed by atoms with Crippen molar-refractivity contribution in [2.24, 2.45) is 11.8 Å². The monoisotopic (exact) mass is 231 g/mol. The van der Waals surface area contributed by atoms with Gasteiger partial charge < -0.3 is 5.32 Å². The van der Waals surface area contributed by atoms with Gasteiger partial charge in [-0.15, -0.1) is 0 Å². The Morgan fingerprint density at radius 2 is 2.06 bits per heavy atom. The second-order valence-corrected chi connectivity index (χ2v) is 5.25. The first-order valence-electron chi connectivity index (χ1n) is 6.51. The molecule has 2 rings (SSSR count). The summed E-state index contributed by atoms with van der Waals surface area (Å²) >= 11 is 0. The molecule has 0 radical (unpaired) electrons. The maximum absolute atomic E-state index is 11.7. The molecule has 1 N–H and O–H groups in total. The van der Waals surface area contributed by atoms with Gasteiger partial charge in [-0.2, -0.15) is 0 Å². The summed E-state index contributed by atoms with van der Waals surface area (Å²) in [6.07, 6.45) is 3.11. The lowest BCUT2D eigenvalue weighted by molar-refractivity contribution is -0.123. The fourth-order valence-electron chi connectivity index (χ4n) is 2.14. The Morgan fingerprint density at radius 3 is 2.65 bits per heavy atom. The van der Waals surface area contributed by atoms with E-state index in [1.807, 2.05) is 6.07 Å². The fourth-order valence-corrected chi connectivity index (χ4v) is 2.14. The molecular formula is C15H21NO.